The number of carbonyl (C=O) groups is 1. The van der Waals surface area contributed by atoms with Crippen LogP contribution in [-0.2, 0) is 4.79 Å². The number of rotatable bonds is 4. The molecule has 4 heteroatoms. The van der Waals surface area contributed by atoms with Crippen LogP contribution in [0.3, 0.4) is 0 Å². The molecule has 1 amide bonds. The molecule has 0 saturated carbocycles. The van der Waals surface area contributed by atoms with Gasteiger partial charge >= 0.3 is 0 Å². The summed E-state index contributed by atoms with van der Waals surface area (Å²) in [6, 6.07) is 0.336. The zero-order valence-corrected chi connectivity index (χ0v) is 10.9. The first-order valence-electron chi connectivity index (χ1n) is 6.31. The lowest BCUT2D eigenvalue weighted by molar-refractivity contribution is -0.132. The molecule has 1 aliphatic rings. The highest BCUT2D eigenvalue weighted by atomic mass is 16.2. The Bertz CT molecular complexity index is 285. The first-order valence-corrected chi connectivity index (χ1v) is 6.31. The Morgan fingerprint density at radius 2 is 2.29 bits per heavy atom. The van der Waals surface area contributed by atoms with Gasteiger partial charge in [-0.2, -0.15) is 0 Å². The molecule has 0 aromatic carbocycles. The highest BCUT2D eigenvalue weighted by Crippen LogP contribution is 2.11. The molecular formula is C13H23N3O. The molecule has 1 aliphatic heterocycles. The fraction of sp³-hybridized carbons (Fsp3) is 0.769. The number of carbonyl (C=O) groups excluding carboxylic acids is 1. The first kappa shape index (κ1) is 14.0. The van der Waals surface area contributed by atoms with Crippen LogP contribution < -0.4 is 5.32 Å². The van der Waals surface area contributed by atoms with Gasteiger partial charge in [0.1, 0.15) is 0 Å². The number of terminal acetylenes is 1. The van der Waals surface area contributed by atoms with Gasteiger partial charge in [0.05, 0.1) is 13.1 Å². The lowest BCUT2D eigenvalue weighted by Crippen LogP contribution is -2.46. The summed E-state index contributed by atoms with van der Waals surface area (Å²) in [5, 5.41) is 2.97. The van der Waals surface area contributed by atoms with E-state index in [0.29, 0.717) is 19.1 Å². The minimum Gasteiger partial charge on any atom is -0.337 e. The zero-order chi connectivity index (χ0) is 12.7. The Morgan fingerprint density at radius 3 is 2.94 bits per heavy atom. The maximum absolute atomic E-state index is 12.1. The predicted molar refractivity (Wildman–Crippen MR) is 69.6 cm³/mol. The van der Waals surface area contributed by atoms with Crippen LogP contribution in [0.5, 0.6) is 0 Å². The van der Waals surface area contributed by atoms with Gasteiger partial charge in [-0.1, -0.05) is 12.8 Å². The maximum Gasteiger partial charge on any atom is 0.236 e. The van der Waals surface area contributed by atoms with Gasteiger partial charge in [0, 0.05) is 19.1 Å². The van der Waals surface area contributed by atoms with E-state index in [1.54, 1.807) is 0 Å². The van der Waals surface area contributed by atoms with Crippen LogP contribution in [0, 0.1) is 12.3 Å². The topological polar surface area (TPSA) is 35.6 Å². The summed E-state index contributed by atoms with van der Waals surface area (Å²) in [5.74, 6) is 2.65. The van der Waals surface area contributed by atoms with E-state index in [-0.39, 0.29) is 5.91 Å². The fourth-order valence-electron chi connectivity index (χ4n) is 2.26. The number of hydrogen-bond donors (Lipinski definition) is 1. The Kier molecular flexibility index (Phi) is 6.03. The van der Waals surface area contributed by atoms with Crippen LogP contribution >= 0.6 is 0 Å². The van der Waals surface area contributed by atoms with Crippen LogP contribution in [0.4, 0.5) is 0 Å². The third-order valence-electron chi connectivity index (χ3n) is 3.20. The van der Waals surface area contributed by atoms with Crippen LogP contribution in [0.25, 0.3) is 0 Å². The molecule has 0 aliphatic carbocycles. The third kappa shape index (κ3) is 4.37. The number of likely N-dealkylation sites (N-methyl/N-ethyl adjacent to an activating group) is 1. The van der Waals surface area contributed by atoms with Gasteiger partial charge < -0.3 is 9.80 Å². The maximum atomic E-state index is 12.1. The van der Waals surface area contributed by atoms with Crippen molar-refractivity contribution in [3.05, 3.63) is 0 Å². The smallest absolute Gasteiger partial charge is 0.236 e. The van der Waals surface area contributed by atoms with Crippen molar-refractivity contribution in [1.29, 1.82) is 0 Å². The van der Waals surface area contributed by atoms with Crippen LogP contribution in [0.1, 0.15) is 19.8 Å². The first-order chi connectivity index (χ1) is 8.19. The van der Waals surface area contributed by atoms with Gasteiger partial charge in [-0.15, -0.1) is 6.42 Å². The summed E-state index contributed by atoms with van der Waals surface area (Å²) in [7, 11) is 2.12. The molecular weight excluding hydrogens is 214 g/mol. The molecule has 0 aromatic rings. The molecule has 96 valence electrons. The van der Waals surface area contributed by atoms with Crippen molar-refractivity contribution >= 4 is 5.91 Å². The second kappa shape index (κ2) is 7.31. The molecule has 4 nitrogen and oxygen atoms in total. The number of nitrogens with zero attached hydrogens (tertiary/aromatic N) is 2. The molecule has 1 N–H and O–H groups in total. The van der Waals surface area contributed by atoms with E-state index in [1.165, 1.54) is 0 Å². The van der Waals surface area contributed by atoms with Gasteiger partial charge in [-0.3, -0.25) is 10.1 Å². The molecule has 1 atom stereocenters. The van der Waals surface area contributed by atoms with Gasteiger partial charge in [-0.25, -0.2) is 0 Å². The van der Waals surface area contributed by atoms with Crippen molar-refractivity contribution in [2.24, 2.45) is 0 Å². The predicted octanol–water partition coefficient (Wildman–Crippen LogP) is 0.152. The van der Waals surface area contributed by atoms with Crippen molar-refractivity contribution in [2.75, 3.05) is 39.8 Å². The van der Waals surface area contributed by atoms with E-state index in [4.69, 9.17) is 6.42 Å². The number of amides is 1. The van der Waals surface area contributed by atoms with Gasteiger partial charge in [-0.05, 0) is 26.4 Å². The molecule has 0 radical (unpaired) electrons. The van der Waals surface area contributed by atoms with Crippen LogP contribution in [0.15, 0.2) is 0 Å². The summed E-state index contributed by atoms with van der Waals surface area (Å²) >= 11 is 0. The monoisotopic (exact) mass is 237 g/mol. The highest BCUT2D eigenvalue weighted by molar-refractivity contribution is 5.78. The Hall–Kier alpha value is -1.05. The largest absolute Gasteiger partial charge is 0.337 e. The molecule has 1 fully saturated rings. The molecule has 1 rings (SSSR count). The summed E-state index contributed by atoms with van der Waals surface area (Å²) in [6.07, 6.45) is 7.20. The molecule has 1 heterocycles. The quantitative estimate of drug-likeness (QED) is 0.558. The average Bonchev–Trinajstić information content (AvgIpc) is 2.50. The minimum absolute atomic E-state index is 0.169. The molecule has 17 heavy (non-hydrogen) atoms. The third-order valence-corrected chi connectivity index (χ3v) is 3.20. The minimum atomic E-state index is 0.169. The van der Waals surface area contributed by atoms with E-state index in [0.717, 1.165) is 32.5 Å². The number of hydrogen-bond acceptors (Lipinski definition) is 3. The zero-order valence-electron chi connectivity index (χ0n) is 10.9. The van der Waals surface area contributed by atoms with E-state index < -0.39 is 0 Å². The van der Waals surface area contributed by atoms with Crippen molar-refractivity contribution < 1.29 is 4.79 Å². The highest BCUT2D eigenvalue weighted by Gasteiger charge is 2.25. The van der Waals surface area contributed by atoms with E-state index in [1.807, 2.05) is 4.90 Å². The lowest BCUT2D eigenvalue weighted by atomic mass is 10.2. The van der Waals surface area contributed by atoms with E-state index in [2.05, 4.69) is 30.1 Å². The molecule has 0 aromatic heterocycles. The van der Waals surface area contributed by atoms with Gasteiger partial charge in [0.25, 0.3) is 0 Å². The van der Waals surface area contributed by atoms with Crippen LogP contribution in [-0.4, -0.2) is 61.5 Å². The fourth-order valence-corrected chi connectivity index (χ4v) is 2.26. The van der Waals surface area contributed by atoms with Crippen molar-refractivity contribution in [1.82, 2.24) is 15.1 Å². The van der Waals surface area contributed by atoms with Gasteiger partial charge in [0.2, 0.25) is 5.91 Å². The second-order valence-electron chi connectivity index (χ2n) is 4.57. The number of nitrogens with one attached hydrogen (secondary N) is 1. The molecule has 1 saturated heterocycles. The molecule has 0 bridgehead atoms. The van der Waals surface area contributed by atoms with Crippen molar-refractivity contribution in [2.45, 2.75) is 25.8 Å². The molecule has 0 spiro atoms. The summed E-state index contributed by atoms with van der Waals surface area (Å²) in [6.45, 7) is 5.84. The van der Waals surface area contributed by atoms with Crippen molar-refractivity contribution in [3.8, 4) is 12.3 Å². The van der Waals surface area contributed by atoms with Crippen LogP contribution in [0.2, 0.25) is 0 Å². The van der Waals surface area contributed by atoms with Crippen molar-refractivity contribution in [3.63, 3.8) is 0 Å². The van der Waals surface area contributed by atoms with E-state index >= 15 is 0 Å². The second-order valence-corrected chi connectivity index (χ2v) is 4.57. The molecule has 1 unspecified atom stereocenters. The Morgan fingerprint density at radius 1 is 1.53 bits per heavy atom. The normalized spacial score (nSPS) is 21.9. The average molecular weight is 237 g/mol. The summed E-state index contributed by atoms with van der Waals surface area (Å²) in [5.41, 5.74) is 0. The Balaban J connectivity index is 2.53. The summed E-state index contributed by atoms with van der Waals surface area (Å²) < 4.78 is 0. The van der Waals surface area contributed by atoms with Gasteiger partial charge in [0.15, 0.2) is 0 Å². The SMILES string of the molecule is C#CCNCC(=O)N1CCCN(C)CC1CC. The summed E-state index contributed by atoms with van der Waals surface area (Å²) in [4.78, 5) is 16.4. The lowest BCUT2D eigenvalue weighted by Gasteiger charge is -2.30. The standard InChI is InChI=1S/C13H23N3O/c1-4-7-14-10-13(17)16-9-6-8-15(3)11-12(16)5-2/h1,12,14H,5-11H2,2-3H3. The van der Waals surface area contributed by atoms with E-state index in [9.17, 15) is 4.79 Å². The Labute approximate surface area is 104 Å².